The van der Waals surface area contributed by atoms with Crippen LogP contribution < -0.4 is 5.73 Å². The molecule has 2 heterocycles. The zero-order valence-corrected chi connectivity index (χ0v) is 11.4. The molecule has 1 aliphatic heterocycles. The summed E-state index contributed by atoms with van der Waals surface area (Å²) in [7, 11) is -4.13. The number of thiophene rings is 1. The van der Waals surface area contributed by atoms with Gasteiger partial charge in [-0.3, -0.25) is 0 Å². The molecule has 1 saturated heterocycles. The third-order valence-corrected chi connectivity index (χ3v) is 6.26. The van der Waals surface area contributed by atoms with Crippen molar-refractivity contribution in [2.24, 2.45) is 5.73 Å². The van der Waals surface area contributed by atoms with E-state index in [9.17, 15) is 21.6 Å². The van der Waals surface area contributed by atoms with E-state index in [2.05, 4.69) is 0 Å². The molecule has 0 amide bonds. The molecule has 0 unspecified atom stereocenters. The fourth-order valence-electron chi connectivity index (χ4n) is 2.08. The van der Waals surface area contributed by atoms with E-state index in [1.807, 2.05) is 0 Å². The summed E-state index contributed by atoms with van der Waals surface area (Å²) in [6, 6.07) is 0.241. The summed E-state index contributed by atoms with van der Waals surface area (Å²) in [5, 5.41) is 1.51. The van der Waals surface area contributed by atoms with Crippen LogP contribution in [0.2, 0.25) is 0 Å². The van der Waals surface area contributed by atoms with E-state index in [-0.39, 0.29) is 23.6 Å². The molecule has 0 bridgehead atoms. The summed E-state index contributed by atoms with van der Waals surface area (Å²) in [6.07, 6.45) is -4.71. The van der Waals surface area contributed by atoms with Crippen LogP contribution in [0.3, 0.4) is 0 Å². The molecular formula is C10H13F3N2O2S2. The summed E-state index contributed by atoms with van der Waals surface area (Å²) < 4.78 is 63.7. The van der Waals surface area contributed by atoms with Crippen LogP contribution >= 0.6 is 11.3 Å². The molecule has 4 nitrogen and oxygen atoms in total. The highest BCUT2D eigenvalue weighted by Crippen LogP contribution is 2.35. The highest BCUT2D eigenvalue weighted by atomic mass is 32.2. The molecule has 1 aromatic rings. The van der Waals surface area contributed by atoms with Crippen molar-refractivity contribution < 1.29 is 21.6 Å². The Labute approximate surface area is 113 Å². The highest BCUT2D eigenvalue weighted by Gasteiger charge is 2.50. The van der Waals surface area contributed by atoms with Gasteiger partial charge in [-0.2, -0.15) is 17.5 Å². The lowest BCUT2D eigenvalue weighted by atomic mass is 10.0. The van der Waals surface area contributed by atoms with Crippen LogP contribution in [0.5, 0.6) is 0 Å². The van der Waals surface area contributed by atoms with Gasteiger partial charge in [0.1, 0.15) is 10.3 Å². The van der Waals surface area contributed by atoms with Gasteiger partial charge in [0.15, 0.2) is 0 Å². The van der Waals surface area contributed by atoms with Crippen LogP contribution in [0.4, 0.5) is 13.2 Å². The number of alkyl halides is 3. The minimum absolute atomic E-state index is 0.0872. The lowest BCUT2D eigenvalue weighted by Crippen LogP contribution is -2.56. The van der Waals surface area contributed by atoms with Crippen LogP contribution in [-0.4, -0.2) is 37.5 Å². The second-order valence-electron chi connectivity index (χ2n) is 4.40. The molecule has 2 N–H and O–H groups in total. The first-order chi connectivity index (χ1) is 8.73. The number of hydrogen-bond donors (Lipinski definition) is 1. The topological polar surface area (TPSA) is 63.4 Å². The monoisotopic (exact) mass is 314 g/mol. The largest absolute Gasteiger partial charge is 0.405 e. The van der Waals surface area contributed by atoms with Crippen molar-refractivity contribution in [1.82, 2.24) is 4.31 Å². The van der Waals surface area contributed by atoms with Crippen LogP contribution in [0.25, 0.3) is 0 Å². The number of nitrogens with zero attached hydrogens (tertiary/aromatic N) is 1. The van der Waals surface area contributed by atoms with Crippen molar-refractivity contribution in [3.8, 4) is 0 Å². The SMILES string of the molecule is N[C@H]1CC[C@@H](C(F)(F)F)N(S(=O)(=O)c2cccs2)C1. The predicted octanol–water partition coefficient (Wildman–Crippen LogP) is 1.79. The van der Waals surface area contributed by atoms with Crippen molar-refractivity contribution in [3.05, 3.63) is 17.5 Å². The minimum atomic E-state index is -4.58. The zero-order chi connectivity index (χ0) is 14.3. The molecule has 0 aromatic carbocycles. The first kappa shape index (κ1) is 14.8. The van der Waals surface area contributed by atoms with Gasteiger partial charge in [-0.25, -0.2) is 8.42 Å². The second-order valence-corrected chi connectivity index (χ2v) is 7.47. The van der Waals surface area contributed by atoms with Crippen molar-refractivity contribution in [2.75, 3.05) is 6.54 Å². The molecule has 2 atom stereocenters. The number of halogens is 3. The number of rotatable bonds is 2. The summed E-state index contributed by atoms with van der Waals surface area (Å²) in [5.41, 5.74) is 5.61. The summed E-state index contributed by atoms with van der Waals surface area (Å²) >= 11 is 0.900. The maximum atomic E-state index is 12.9. The van der Waals surface area contributed by atoms with Crippen LogP contribution in [0.1, 0.15) is 12.8 Å². The maximum absolute atomic E-state index is 12.9. The normalized spacial score (nSPS) is 26.5. The second kappa shape index (κ2) is 5.04. The Morgan fingerprint density at radius 1 is 1.37 bits per heavy atom. The molecule has 108 valence electrons. The smallest absolute Gasteiger partial charge is 0.327 e. The average molecular weight is 314 g/mol. The average Bonchev–Trinajstić information content (AvgIpc) is 2.81. The molecule has 1 fully saturated rings. The molecule has 9 heteroatoms. The molecule has 0 radical (unpaired) electrons. The summed E-state index contributed by atoms with van der Waals surface area (Å²) in [6.45, 7) is -0.301. The van der Waals surface area contributed by atoms with Crippen LogP contribution in [0.15, 0.2) is 21.7 Å². The van der Waals surface area contributed by atoms with E-state index >= 15 is 0 Å². The van der Waals surface area contributed by atoms with E-state index in [0.29, 0.717) is 4.31 Å². The van der Waals surface area contributed by atoms with Gasteiger partial charge in [0, 0.05) is 12.6 Å². The standard InChI is InChI=1S/C10H13F3N2O2S2/c11-10(12,13)8-4-3-7(14)6-15(8)19(16,17)9-2-1-5-18-9/h1-2,5,7-8H,3-4,6,14H2/t7-,8-/m0/s1. The maximum Gasteiger partial charge on any atom is 0.405 e. The third kappa shape index (κ3) is 2.93. The van der Waals surface area contributed by atoms with E-state index in [0.717, 1.165) is 11.3 Å². The molecule has 0 spiro atoms. The Kier molecular flexibility index (Phi) is 3.92. The quantitative estimate of drug-likeness (QED) is 0.905. The molecule has 0 saturated carbocycles. The molecule has 1 aromatic heterocycles. The van der Waals surface area contributed by atoms with Gasteiger partial charge in [-0.1, -0.05) is 6.07 Å². The van der Waals surface area contributed by atoms with Gasteiger partial charge in [-0.15, -0.1) is 11.3 Å². The van der Waals surface area contributed by atoms with Crippen LogP contribution in [0, 0.1) is 0 Å². The predicted molar refractivity (Wildman–Crippen MR) is 65.3 cm³/mol. The Morgan fingerprint density at radius 2 is 2.05 bits per heavy atom. The van der Waals surface area contributed by atoms with Gasteiger partial charge >= 0.3 is 6.18 Å². The third-order valence-electron chi connectivity index (χ3n) is 3.01. The van der Waals surface area contributed by atoms with Gasteiger partial charge < -0.3 is 5.73 Å². The van der Waals surface area contributed by atoms with Crippen LogP contribution in [-0.2, 0) is 10.0 Å². The molecular weight excluding hydrogens is 301 g/mol. The Morgan fingerprint density at radius 3 is 2.58 bits per heavy atom. The minimum Gasteiger partial charge on any atom is -0.327 e. The van der Waals surface area contributed by atoms with Gasteiger partial charge in [0.25, 0.3) is 10.0 Å². The fourth-order valence-corrected chi connectivity index (χ4v) is 4.90. The number of nitrogens with two attached hydrogens (primary N) is 1. The highest BCUT2D eigenvalue weighted by molar-refractivity contribution is 7.91. The Bertz CT molecular complexity index is 527. The van der Waals surface area contributed by atoms with Crippen molar-refractivity contribution >= 4 is 21.4 Å². The van der Waals surface area contributed by atoms with Crippen molar-refractivity contribution in [2.45, 2.75) is 35.3 Å². The summed E-state index contributed by atoms with van der Waals surface area (Å²) in [4.78, 5) is 0. The molecule has 2 rings (SSSR count). The number of hydrogen-bond acceptors (Lipinski definition) is 4. The van der Waals surface area contributed by atoms with Gasteiger partial charge in [0.2, 0.25) is 0 Å². The molecule has 19 heavy (non-hydrogen) atoms. The summed E-state index contributed by atoms with van der Waals surface area (Å²) in [5.74, 6) is 0. The fraction of sp³-hybridized carbons (Fsp3) is 0.600. The number of sulfonamides is 1. The van der Waals surface area contributed by atoms with Crippen molar-refractivity contribution in [3.63, 3.8) is 0 Å². The first-order valence-corrected chi connectivity index (χ1v) is 7.92. The Balaban J connectivity index is 2.38. The number of piperidine rings is 1. The van der Waals surface area contributed by atoms with E-state index in [4.69, 9.17) is 5.73 Å². The zero-order valence-electron chi connectivity index (χ0n) is 9.80. The van der Waals surface area contributed by atoms with E-state index < -0.39 is 28.3 Å². The van der Waals surface area contributed by atoms with Gasteiger partial charge in [0.05, 0.1) is 0 Å². The van der Waals surface area contributed by atoms with Gasteiger partial charge in [-0.05, 0) is 24.3 Å². The molecule has 1 aliphatic rings. The lowest BCUT2D eigenvalue weighted by Gasteiger charge is -2.37. The first-order valence-electron chi connectivity index (χ1n) is 5.60. The van der Waals surface area contributed by atoms with E-state index in [1.165, 1.54) is 17.5 Å². The van der Waals surface area contributed by atoms with Crippen molar-refractivity contribution in [1.29, 1.82) is 0 Å². The molecule has 0 aliphatic carbocycles. The van der Waals surface area contributed by atoms with E-state index in [1.54, 1.807) is 0 Å². The lowest BCUT2D eigenvalue weighted by molar-refractivity contribution is -0.178. The Hall–Kier alpha value is -0.640.